The van der Waals surface area contributed by atoms with Gasteiger partial charge in [-0.1, -0.05) is 46.3 Å². The van der Waals surface area contributed by atoms with E-state index >= 15 is 0 Å². The van der Waals surface area contributed by atoms with E-state index < -0.39 is 9.84 Å². The first-order chi connectivity index (χ1) is 13.9. The van der Waals surface area contributed by atoms with Crippen molar-refractivity contribution in [2.45, 2.75) is 16.3 Å². The van der Waals surface area contributed by atoms with Gasteiger partial charge >= 0.3 is 0 Å². The lowest BCUT2D eigenvalue weighted by Gasteiger charge is -2.07. The first kappa shape index (κ1) is 19.9. The zero-order valence-corrected chi connectivity index (χ0v) is 18.6. The molecule has 1 aromatic heterocycles. The third-order valence-corrected chi connectivity index (χ3v) is 7.34. The summed E-state index contributed by atoms with van der Waals surface area (Å²) in [5.41, 5.74) is 4.31. The standard InChI is InChI=1S/C23H21BrN2O2S/c1-25-14-16-3-5-17(6-4-16)22-15-26(2)23-13-20(11-12-21(22)23)29(27,28)19-9-7-18(24)8-10-19/h3-13,15,25H,14H2,1-2H3. The van der Waals surface area contributed by atoms with Gasteiger partial charge in [0.2, 0.25) is 9.84 Å². The third kappa shape index (κ3) is 3.75. The highest BCUT2D eigenvalue weighted by Gasteiger charge is 2.19. The molecule has 6 heteroatoms. The van der Waals surface area contributed by atoms with Gasteiger partial charge in [-0.05, 0) is 54.6 Å². The quantitative estimate of drug-likeness (QED) is 0.439. The molecule has 0 saturated carbocycles. The molecular weight excluding hydrogens is 448 g/mol. The number of aryl methyl sites for hydroxylation is 1. The van der Waals surface area contributed by atoms with E-state index in [-0.39, 0.29) is 4.90 Å². The third-order valence-electron chi connectivity index (χ3n) is 5.04. The molecule has 0 unspecified atom stereocenters. The molecule has 3 aromatic carbocycles. The minimum Gasteiger partial charge on any atom is -0.350 e. The second-order valence-electron chi connectivity index (χ2n) is 7.02. The molecule has 4 rings (SSSR count). The van der Waals surface area contributed by atoms with Crippen LogP contribution in [0.1, 0.15) is 5.56 Å². The summed E-state index contributed by atoms with van der Waals surface area (Å²) in [5.74, 6) is 0. The van der Waals surface area contributed by atoms with Crippen molar-refractivity contribution >= 4 is 36.7 Å². The van der Waals surface area contributed by atoms with E-state index in [9.17, 15) is 8.42 Å². The molecule has 148 valence electrons. The summed E-state index contributed by atoms with van der Waals surface area (Å²) in [7, 11) is 0.298. The summed E-state index contributed by atoms with van der Waals surface area (Å²) >= 11 is 3.35. The van der Waals surface area contributed by atoms with Crippen LogP contribution in [0.3, 0.4) is 0 Å². The summed E-state index contributed by atoms with van der Waals surface area (Å²) in [4.78, 5) is 0.582. The summed E-state index contributed by atoms with van der Waals surface area (Å²) in [6, 6.07) is 20.5. The number of sulfone groups is 1. The Balaban J connectivity index is 1.78. The lowest BCUT2D eigenvalue weighted by Crippen LogP contribution is -2.04. The first-order valence-corrected chi connectivity index (χ1v) is 11.5. The van der Waals surface area contributed by atoms with Crippen LogP contribution in [0.5, 0.6) is 0 Å². The van der Waals surface area contributed by atoms with E-state index in [1.165, 1.54) is 5.56 Å². The van der Waals surface area contributed by atoms with Gasteiger partial charge < -0.3 is 9.88 Å². The Morgan fingerprint density at radius 1 is 0.931 bits per heavy atom. The van der Waals surface area contributed by atoms with Crippen molar-refractivity contribution in [3.8, 4) is 11.1 Å². The van der Waals surface area contributed by atoms with Gasteiger partial charge in [0.25, 0.3) is 0 Å². The Morgan fingerprint density at radius 2 is 1.59 bits per heavy atom. The smallest absolute Gasteiger partial charge is 0.206 e. The molecule has 4 aromatic rings. The molecule has 0 aliphatic heterocycles. The van der Waals surface area contributed by atoms with Crippen molar-refractivity contribution in [1.29, 1.82) is 0 Å². The van der Waals surface area contributed by atoms with Crippen LogP contribution in [-0.4, -0.2) is 20.0 Å². The minimum absolute atomic E-state index is 0.287. The van der Waals surface area contributed by atoms with E-state index in [0.717, 1.165) is 33.0 Å². The zero-order chi connectivity index (χ0) is 20.6. The Morgan fingerprint density at radius 3 is 2.24 bits per heavy atom. The molecule has 0 atom stereocenters. The number of nitrogens with one attached hydrogen (secondary N) is 1. The minimum atomic E-state index is -3.57. The second kappa shape index (κ2) is 7.78. The van der Waals surface area contributed by atoms with Gasteiger partial charge in [0.15, 0.2) is 0 Å². The lowest BCUT2D eigenvalue weighted by atomic mass is 10.0. The number of fused-ring (bicyclic) bond motifs is 1. The fraction of sp³-hybridized carbons (Fsp3) is 0.130. The van der Waals surface area contributed by atoms with Crippen molar-refractivity contribution < 1.29 is 8.42 Å². The van der Waals surface area contributed by atoms with Gasteiger partial charge in [0.05, 0.1) is 9.79 Å². The molecule has 0 aliphatic rings. The van der Waals surface area contributed by atoms with Crippen molar-refractivity contribution in [3.63, 3.8) is 0 Å². The van der Waals surface area contributed by atoms with Crippen LogP contribution in [0, 0.1) is 0 Å². The van der Waals surface area contributed by atoms with Crippen molar-refractivity contribution in [3.05, 3.63) is 83.0 Å². The molecule has 0 saturated heterocycles. The number of halogens is 1. The first-order valence-electron chi connectivity index (χ1n) is 9.24. The van der Waals surface area contributed by atoms with Crippen LogP contribution < -0.4 is 5.32 Å². The monoisotopic (exact) mass is 468 g/mol. The predicted molar refractivity (Wildman–Crippen MR) is 121 cm³/mol. The van der Waals surface area contributed by atoms with Gasteiger partial charge in [0.1, 0.15) is 0 Å². The molecule has 1 heterocycles. The van der Waals surface area contributed by atoms with Gasteiger partial charge in [0, 0.05) is 40.7 Å². The average Bonchev–Trinajstić information content (AvgIpc) is 3.05. The van der Waals surface area contributed by atoms with Crippen LogP contribution in [0.2, 0.25) is 0 Å². The van der Waals surface area contributed by atoms with E-state index in [0.29, 0.717) is 4.90 Å². The number of aromatic nitrogens is 1. The Bertz CT molecular complexity index is 1280. The molecule has 0 amide bonds. The number of rotatable bonds is 5. The summed E-state index contributed by atoms with van der Waals surface area (Å²) in [6.45, 7) is 0.826. The van der Waals surface area contributed by atoms with Crippen LogP contribution in [0.4, 0.5) is 0 Å². The average molecular weight is 469 g/mol. The van der Waals surface area contributed by atoms with Crippen molar-refractivity contribution in [2.75, 3.05) is 7.05 Å². The molecule has 4 nitrogen and oxygen atoms in total. The zero-order valence-electron chi connectivity index (χ0n) is 16.2. The molecule has 1 N–H and O–H groups in total. The maximum absolute atomic E-state index is 13.0. The predicted octanol–water partition coefficient (Wildman–Crippen LogP) is 5.16. The van der Waals surface area contributed by atoms with Crippen LogP contribution >= 0.6 is 15.9 Å². The van der Waals surface area contributed by atoms with Gasteiger partial charge in [-0.3, -0.25) is 0 Å². The number of hydrogen-bond acceptors (Lipinski definition) is 3. The van der Waals surface area contributed by atoms with E-state index in [2.05, 4.69) is 45.5 Å². The molecule has 0 bridgehead atoms. The van der Waals surface area contributed by atoms with Crippen molar-refractivity contribution in [1.82, 2.24) is 9.88 Å². The van der Waals surface area contributed by atoms with E-state index in [1.807, 2.05) is 30.9 Å². The van der Waals surface area contributed by atoms with Crippen LogP contribution in [0.25, 0.3) is 22.0 Å². The largest absolute Gasteiger partial charge is 0.350 e. The highest BCUT2D eigenvalue weighted by molar-refractivity contribution is 9.10. The summed E-state index contributed by atoms with van der Waals surface area (Å²) in [6.07, 6.45) is 2.05. The Hall–Kier alpha value is -2.41. The fourth-order valence-corrected chi connectivity index (χ4v) is 5.06. The number of nitrogens with zero attached hydrogens (tertiary/aromatic N) is 1. The highest BCUT2D eigenvalue weighted by atomic mass is 79.9. The highest BCUT2D eigenvalue weighted by Crippen LogP contribution is 2.33. The van der Waals surface area contributed by atoms with Crippen LogP contribution in [-0.2, 0) is 23.4 Å². The topological polar surface area (TPSA) is 51.1 Å². The SMILES string of the molecule is CNCc1ccc(-c2cn(C)c3cc(S(=O)(=O)c4ccc(Br)cc4)ccc23)cc1. The van der Waals surface area contributed by atoms with E-state index in [1.54, 1.807) is 36.4 Å². The number of hydrogen-bond donors (Lipinski definition) is 1. The molecule has 0 aliphatic carbocycles. The maximum atomic E-state index is 13.0. The van der Waals surface area contributed by atoms with Gasteiger partial charge in [-0.15, -0.1) is 0 Å². The lowest BCUT2D eigenvalue weighted by molar-refractivity contribution is 0.596. The number of benzene rings is 3. The molecule has 0 fully saturated rings. The van der Waals surface area contributed by atoms with Crippen LogP contribution in [0.15, 0.2) is 87.2 Å². The molecule has 0 spiro atoms. The summed E-state index contributed by atoms with van der Waals surface area (Å²) < 4.78 is 28.9. The Labute approximate surface area is 179 Å². The molecule has 0 radical (unpaired) electrons. The fourth-order valence-electron chi connectivity index (χ4n) is 3.52. The maximum Gasteiger partial charge on any atom is 0.206 e. The van der Waals surface area contributed by atoms with Crippen molar-refractivity contribution in [2.24, 2.45) is 7.05 Å². The Kier molecular flexibility index (Phi) is 5.34. The normalized spacial score (nSPS) is 11.8. The second-order valence-corrected chi connectivity index (χ2v) is 9.88. The molecular formula is C23H21BrN2O2S. The van der Waals surface area contributed by atoms with Gasteiger partial charge in [-0.2, -0.15) is 0 Å². The van der Waals surface area contributed by atoms with Gasteiger partial charge in [-0.25, -0.2) is 8.42 Å². The molecule has 29 heavy (non-hydrogen) atoms. The summed E-state index contributed by atoms with van der Waals surface area (Å²) in [5, 5.41) is 4.18. The van der Waals surface area contributed by atoms with E-state index in [4.69, 9.17) is 0 Å².